The Bertz CT molecular complexity index is 436. The van der Waals surface area contributed by atoms with Crippen molar-refractivity contribution in [3.05, 3.63) is 42.7 Å². The molecular formula is C16H24N2O3. The second-order valence-electron chi connectivity index (χ2n) is 5.03. The summed E-state index contributed by atoms with van der Waals surface area (Å²) in [6.45, 7) is 6.36. The SMILES string of the molecule is C=CCOC(C)C(=O)O.CN1CCC[C@H]1c1cccnc1. The van der Waals surface area contributed by atoms with Gasteiger partial charge in [-0.15, -0.1) is 6.58 Å². The third-order valence-corrected chi connectivity index (χ3v) is 3.40. The molecule has 1 N–H and O–H groups in total. The van der Waals surface area contributed by atoms with Gasteiger partial charge < -0.3 is 9.84 Å². The number of carboxylic acids is 1. The Kier molecular flexibility index (Phi) is 7.64. The van der Waals surface area contributed by atoms with Crippen molar-refractivity contribution in [2.75, 3.05) is 20.2 Å². The van der Waals surface area contributed by atoms with Crippen molar-refractivity contribution < 1.29 is 14.6 Å². The summed E-state index contributed by atoms with van der Waals surface area (Å²) in [6, 6.07) is 4.79. The first-order valence-electron chi connectivity index (χ1n) is 7.11. The number of aliphatic carboxylic acids is 1. The molecule has 2 heterocycles. The van der Waals surface area contributed by atoms with E-state index in [1.54, 1.807) is 0 Å². The fourth-order valence-corrected chi connectivity index (χ4v) is 2.19. The lowest BCUT2D eigenvalue weighted by atomic mass is 10.1. The van der Waals surface area contributed by atoms with Crippen molar-refractivity contribution in [2.24, 2.45) is 0 Å². The Balaban J connectivity index is 0.000000222. The molecule has 0 spiro atoms. The first kappa shape index (κ1) is 17.3. The van der Waals surface area contributed by atoms with Gasteiger partial charge in [0.05, 0.1) is 6.61 Å². The lowest BCUT2D eigenvalue weighted by Gasteiger charge is -2.18. The second-order valence-corrected chi connectivity index (χ2v) is 5.03. The molecule has 5 heteroatoms. The maximum absolute atomic E-state index is 10.0. The highest BCUT2D eigenvalue weighted by molar-refractivity contribution is 5.71. The van der Waals surface area contributed by atoms with Crippen LogP contribution in [-0.4, -0.2) is 47.3 Å². The van der Waals surface area contributed by atoms with Crippen molar-refractivity contribution in [1.82, 2.24) is 9.88 Å². The van der Waals surface area contributed by atoms with E-state index in [-0.39, 0.29) is 6.61 Å². The fraction of sp³-hybridized carbons (Fsp3) is 0.500. The smallest absolute Gasteiger partial charge is 0.332 e. The molecule has 0 saturated carbocycles. The first-order chi connectivity index (χ1) is 10.1. The van der Waals surface area contributed by atoms with Gasteiger partial charge in [-0.1, -0.05) is 12.1 Å². The van der Waals surface area contributed by atoms with Gasteiger partial charge in [0, 0.05) is 18.4 Å². The van der Waals surface area contributed by atoms with Gasteiger partial charge >= 0.3 is 5.97 Å². The molecule has 2 rings (SSSR count). The van der Waals surface area contributed by atoms with Crippen LogP contribution in [0.25, 0.3) is 0 Å². The molecule has 0 amide bonds. The van der Waals surface area contributed by atoms with E-state index in [1.165, 1.54) is 37.9 Å². The van der Waals surface area contributed by atoms with E-state index < -0.39 is 12.1 Å². The predicted molar refractivity (Wildman–Crippen MR) is 82.1 cm³/mol. The zero-order valence-corrected chi connectivity index (χ0v) is 12.7. The van der Waals surface area contributed by atoms with E-state index in [9.17, 15) is 4.79 Å². The van der Waals surface area contributed by atoms with Crippen LogP contribution in [0, 0.1) is 0 Å². The average Bonchev–Trinajstić information content (AvgIpc) is 2.92. The number of hydrogen-bond acceptors (Lipinski definition) is 4. The Morgan fingerprint density at radius 3 is 2.95 bits per heavy atom. The van der Waals surface area contributed by atoms with Gasteiger partial charge in [-0.3, -0.25) is 9.88 Å². The summed E-state index contributed by atoms with van der Waals surface area (Å²) in [6.07, 6.45) is 7.19. The summed E-state index contributed by atoms with van der Waals surface area (Å²) in [5.41, 5.74) is 1.36. The highest BCUT2D eigenvalue weighted by Gasteiger charge is 2.21. The topological polar surface area (TPSA) is 62.7 Å². The number of ether oxygens (including phenoxy) is 1. The molecule has 1 aromatic rings. The van der Waals surface area contributed by atoms with Crippen molar-refractivity contribution in [3.63, 3.8) is 0 Å². The molecule has 1 aliphatic heterocycles. The van der Waals surface area contributed by atoms with E-state index >= 15 is 0 Å². The number of rotatable bonds is 5. The average molecular weight is 292 g/mol. The van der Waals surface area contributed by atoms with Crippen LogP contribution in [0.2, 0.25) is 0 Å². The van der Waals surface area contributed by atoms with Crippen LogP contribution >= 0.6 is 0 Å². The van der Waals surface area contributed by atoms with Crippen molar-refractivity contribution >= 4 is 5.97 Å². The molecule has 1 fully saturated rings. The molecule has 1 unspecified atom stereocenters. The van der Waals surface area contributed by atoms with Crippen LogP contribution in [0.4, 0.5) is 0 Å². The van der Waals surface area contributed by atoms with E-state index in [2.05, 4.69) is 29.6 Å². The minimum absolute atomic E-state index is 0.285. The Labute approximate surface area is 126 Å². The van der Waals surface area contributed by atoms with E-state index in [1.807, 2.05) is 18.5 Å². The van der Waals surface area contributed by atoms with Crippen molar-refractivity contribution in [3.8, 4) is 0 Å². The summed E-state index contributed by atoms with van der Waals surface area (Å²) in [4.78, 5) is 16.6. The van der Waals surface area contributed by atoms with Gasteiger partial charge in [0.25, 0.3) is 0 Å². The van der Waals surface area contributed by atoms with Gasteiger partial charge in [-0.2, -0.15) is 0 Å². The van der Waals surface area contributed by atoms with Crippen molar-refractivity contribution in [2.45, 2.75) is 31.9 Å². The van der Waals surface area contributed by atoms with Crippen LogP contribution in [0.3, 0.4) is 0 Å². The number of likely N-dealkylation sites (tertiary alicyclic amines) is 1. The van der Waals surface area contributed by atoms with Crippen LogP contribution in [0.1, 0.15) is 31.4 Å². The van der Waals surface area contributed by atoms with Gasteiger partial charge in [-0.05, 0) is 45.0 Å². The second kappa shape index (κ2) is 9.26. The van der Waals surface area contributed by atoms with Crippen LogP contribution in [0.15, 0.2) is 37.2 Å². The summed E-state index contributed by atoms with van der Waals surface area (Å²) < 4.78 is 4.73. The number of carboxylic acid groups (broad SMARTS) is 1. The third-order valence-electron chi connectivity index (χ3n) is 3.40. The number of aromatic nitrogens is 1. The lowest BCUT2D eigenvalue weighted by molar-refractivity contribution is -0.148. The molecule has 1 aromatic heterocycles. The molecule has 0 aromatic carbocycles. The summed E-state index contributed by atoms with van der Waals surface area (Å²) in [5, 5.41) is 8.25. The molecule has 116 valence electrons. The highest BCUT2D eigenvalue weighted by atomic mass is 16.5. The minimum atomic E-state index is -0.947. The molecule has 5 nitrogen and oxygen atoms in total. The minimum Gasteiger partial charge on any atom is -0.479 e. The predicted octanol–water partition coefficient (Wildman–Crippen LogP) is 2.51. The van der Waals surface area contributed by atoms with Crippen LogP contribution < -0.4 is 0 Å². The summed E-state index contributed by atoms with van der Waals surface area (Å²) >= 11 is 0. The van der Waals surface area contributed by atoms with Gasteiger partial charge in [0.1, 0.15) is 0 Å². The van der Waals surface area contributed by atoms with Gasteiger partial charge in [0.15, 0.2) is 6.10 Å². The molecule has 21 heavy (non-hydrogen) atoms. The first-order valence-corrected chi connectivity index (χ1v) is 7.11. The normalized spacial score (nSPS) is 19.4. The zero-order valence-electron chi connectivity index (χ0n) is 12.7. The Morgan fingerprint density at radius 2 is 2.48 bits per heavy atom. The summed E-state index contributed by atoms with van der Waals surface area (Å²) in [7, 11) is 2.19. The maximum Gasteiger partial charge on any atom is 0.332 e. The highest BCUT2D eigenvalue weighted by Crippen LogP contribution is 2.29. The molecule has 1 saturated heterocycles. The van der Waals surface area contributed by atoms with E-state index in [0.29, 0.717) is 6.04 Å². The van der Waals surface area contributed by atoms with Crippen LogP contribution in [-0.2, 0) is 9.53 Å². The quantitative estimate of drug-likeness (QED) is 0.845. The van der Waals surface area contributed by atoms with E-state index in [4.69, 9.17) is 9.84 Å². The maximum atomic E-state index is 10.0. The molecule has 0 aliphatic carbocycles. The van der Waals surface area contributed by atoms with Crippen molar-refractivity contribution in [1.29, 1.82) is 0 Å². The lowest BCUT2D eigenvalue weighted by Crippen LogP contribution is -2.19. The number of hydrogen-bond donors (Lipinski definition) is 1. The van der Waals surface area contributed by atoms with E-state index in [0.717, 1.165) is 0 Å². The molecule has 0 bridgehead atoms. The Hall–Kier alpha value is -1.72. The van der Waals surface area contributed by atoms with Gasteiger partial charge in [0.2, 0.25) is 0 Å². The Morgan fingerprint density at radius 1 is 1.71 bits per heavy atom. The monoisotopic (exact) mass is 292 g/mol. The largest absolute Gasteiger partial charge is 0.479 e. The molecular weight excluding hydrogens is 268 g/mol. The molecule has 2 atom stereocenters. The van der Waals surface area contributed by atoms with Gasteiger partial charge in [-0.25, -0.2) is 4.79 Å². The molecule has 1 aliphatic rings. The number of nitrogens with zero attached hydrogens (tertiary/aromatic N) is 2. The third kappa shape index (κ3) is 6.06. The zero-order chi connectivity index (χ0) is 15.7. The standard InChI is InChI=1S/C10H14N2.C6H10O3/c1-12-7-3-5-10(12)9-4-2-6-11-8-9;1-3-4-9-5(2)6(7)8/h2,4,6,8,10H,3,5,7H2,1H3;3,5H,1,4H2,2H3,(H,7,8)/t10-;/m0./s1. The van der Waals surface area contributed by atoms with Crippen LogP contribution in [0.5, 0.6) is 0 Å². The summed E-state index contributed by atoms with van der Waals surface area (Å²) in [5.74, 6) is -0.947. The number of carbonyl (C=O) groups is 1. The molecule has 0 radical (unpaired) electrons. The number of pyridine rings is 1. The fourth-order valence-electron chi connectivity index (χ4n) is 2.19.